The number of carbonyl (C=O) groups is 1. The van der Waals surface area contributed by atoms with E-state index in [1.807, 2.05) is 0 Å². The number of benzene rings is 2. The van der Waals surface area contributed by atoms with Gasteiger partial charge in [0, 0.05) is 12.7 Å². The molecule has 2 aromatic rings. The van der Waals surface area contributed by atoms with Gasteiger partial charge in [-0.25, -0.2) is 17.2 Å². The molecule has 0 aliphatic heterocycles. The lowest BCUT2D eigenvalue weighted by molar-refractivity contribution is -0.116. The summed E-state index contributed by atoms with van der Waals surface area (Å²) in [7, 11) is -1.45. The molecule has 0 aromatic heterocycles. The quantitative estimate of drug-likeness (QED) is 0.846. The second-order valence-electron chi connectivity index (χ2n) is 5.11. The predicted octanol–water partition coefficient (Wildman–Crippen LogP) is 2.23. The van der Waals surface area contributed by atoms with Crippen molar-refractivity contribution in [2.24, 2.45) is 0 Å². The largest absolute Gasteiger partial charge is 0.497 e. The maximum atomic E-state index is 13.2. The number of anilines is 1. The molecule has 0 saturated carbocycles. The first-order chi connectivity index (χ1) is 11.7. The third-order valence-corrected chi connectivity index (χ3v) is 5.14. The van der Waals surface area contributed by atoms with Crippen molar-refractivity contribution < 1.29 is 26.7 Å². The average Bonchev–Trinajstić information content (AvgIpc) is 2.57. The molecule has 0 fully saturated rings. The van der Waals surface area contributed by atoms with Crippen LogP contribution in [0.25, 0.3) is 0 Å². The van der Waals surface area contributed by atoms with Gasteiger partial charge in [-0.2, -0.15) is 4.31 Å². The number of methoxy groups -OCH3 is 1. The normalized spacial score (nSPS) is 11.4. The number of carbonyl (C=O) groups excluding carboxylic acids is 1. The summed E-state index contributed by atoms with van der Waals surface area (Å²) in [6, 6.07) is 8.69. The van der Waals surface area contributed by atoms with E-state index in [1.54, 1.807) is 24.3 Å². The Morgan fingerprint density at radius 3 is 2.32 bits per heavy atom. The first-order valence-corrected chi connectivity index (χ1v) is 8.53. The third kappa shape index (κ3) is 4.52. The molecule has 25 heavy (non-hydrogen) atoms. The minimum Gasteiger partial charge on any atom is -0.497 e. The number of amides is 1. The first-order valence-electron chi connectivity index (χ1n) is 7.09. The van der Waals surface area contributed by atoms with E-state index < -0.39 is 39.0 Å². The summed E-state index contributed by atoms with van der Waals surface area (Å²) in [6.07, 6.45) is 0. The maximum absolute atomic E-state index is 13.2. The van der Waals surface area contributed by atoms with Gasteiger partial charge in [-0.3, -0.25) is 4.79 Å². The van der Waals surface area contributed by atoms with E-state index in [0.717, 1.165) is 10.4 Å². The van der Waals surface area contributed by atoms with Crippen LogP contribution in [0.1, 0.15) is 0 Å². The van der Waals surface area contributed by atoms with Crippen LogP contribution in [-0.4, -0.2) is 39.3 Å². The number of sulfonamides is 1. The summed E-state index contributed by atoms with van der Waals surface area (Å²) in [6.45, 7) is -0.493. The predicted molar refractivity (Wildman–Crippen MR) is 87.8 cm³/mol. The molecule has 9 heteroatoms. The monoisotopic (exact) mass is 370 g/mol. The van der Waals surface area contributed by atoms with Crippen molar-refractivity contribution in [3.63, 3.8) is 0 Å². The average molecular weight is 370 g/mol. The number of nitrogens with one attached hydrogen (secondary N) is 1. The van der Waals surface area contributed by atoms with Gasteiger partial charge in [0.2, 0.25) is 15.9 Å². The summed E-state index contributed by atoms with van der Waals surface area (Å²) >= 11 is 0. The molecule has 6 nitrogen and oxygen atoms in total. The minimum atomic E-state index is -4.13. The number of hydrogen-bond acceptors (Lipinski definition) is 4. The Labute approximate surface area is 144 Å². The Hall–Kier alpha value is -2.52. The maximum Gasteiger partial charge on any atom is 0.243 e. The van der Waals surface area contributed by atoms with E-state index in [9.17, 15) is 22.0 Å². The van der Waals surface area contributed by atoms with Gasteiger partial charge in [-0.05, 0) is 42.5 Å². The molecule has 0 spiro atoms. The molecule has 0 aliphatic rings. The molecule has 1 amide bonds. The van der Waals surface area contributed by atoms with Crippen LogP contribution in [0.15, 0.2) is 47.4 Å². The first kappa shape index (κ1) is 18.8. The van der Waals surface area contributed by atoms with Crippen molar-refractivity contribution in [2.75, 3.05) is 26.0 Å². The number of ether oxygens (including phenoxy) is 1. The van der Waals surface area contributed by atoms with Crippen LogP contribution in [-0.2, 0) is 14.8 Å². The number of halogens is 2. The highest BCUT2D eigenvalue weighted by Gasteiger charge is 2.24. The molecule has 2 rings (SSSR count). The van der Waals surface area contributed by atoms with Gasteiger partial charge >= 0.3 is 0 Å². The Morgan fingerprint density at radius 1 is 1.12 bits per heavy atom. The fraction of sp³-hybridized carbons (Fsp3) is 0.188. The van der Waals surface area contributed by atoms with Crippen molar-refractivity contribution in [3.05, 3.63) is 54.1 Å². The van der Waals surface area contributed by atoms with Crippen molar-refractivity contribution in [2.45, 2.75) is 4.90 Å². The lowest BCUT2D eigenvalue weighted by Crippen LogP contribution is -2.35. The smallest absolute Gasteiger partial charge is 0.243 e. The molecule has 0 heterocycles. The van der Waals surface area contributed by atoms with Gasteiger partial charge < -0.3 is 10.1 Å². The highest BCUT2D eigenvalue weighted by atomic mass is 32.2. The van der Waals surface area contributed by atoms with E-state index in [4.69, 9.17) is 4.74 Å². The summed E-state index contributed by atoms with van der Waals surface area (Å²) in [4.78, 5) is 11.6. The van der Waals surface area contributed by atoms with E-state index in [2.05, 4.69) is 5.32 Å². The minimum absolute atomic E-state index is 0.439. The standard InChI is InChI=1S/C16H16F2N2O4S/c1-20(25(22,23)13-7-8-14(17)15(18)9-13)10-16(21)19-11-3-5-12(24-2)6-4-11/h3-9H,10H2,1-2H3,(H,19,21). The SMILES string of the molecule is COc1ccc(NC(=O)CN(C)S(=O)(=O)c2ccc(F)c(F)c2)cc1. The van der Waals surface area contributed by atoms with Crippen molar-refractivity contribution >= 4 is 21.6 Å². The number of rotatable bonds is 6. The zero-order valence-electron chi connectivity index (χ0n) is 13.5. The van der Waals surface area contributed by atoms with Crippen LogP contribution in [0, 0.1) is 11.6 Å². The van der Waals surface area contributed by atoms with E-state index in [-0.39, 0.29) is 0 Å². The van der Waals surface area contributed by atoms with Gasteiger partial charge in [0.1, 0.15) is 5.75 Å². The number of likely N-dealkylation sites (N-methyl/N-ethyl adjacent to an activating group) is 1. The lowest BCUT2D eigenvalue weighted by atomic mass is 10.3. The molecule has 0 bridgehead atoms. The van der Waals surface area contributed by atoms with Crippen molar-refractivity contribution in [3.8, 4) is 5.75 Å². The van der Waals surface area contributed by atoms with Crippen molar-refractivity contribution in [1.82, 2.24) is 4.31 Å². The molecule has 0 atom stereocenters. The summed E-state index contributed by atoms with van der Waals surface area (Å²) in [5.41, 5.74) is 0.462. The van der Waals surface area contributed by atoms with Gasteiger partial charge in [0.05, 0.1) is 18.6 Å². The highest BCUT2D eigenvalue weighted by molar-refractivity contribution is 7.89. The van der Waals surface area contributed by atoms with E-state index >= 15 is 0 Å². The fourth-order valence-electron chi connectivity index (χ4n) is 1.98. The Balaban J connectivity index is 2.07. The topological polar surface area (TPSA) is 75.7 Å². The van der Waals surface area contributed by atoms with Crippen LogP contribution in [0.3, 0.4) is 0 Å². The number of nitrogens with zero attached hydrogens (tertiary/aromatic N) is 1. The Bertz CT molecular complexity index is 870. The zero-order valence-corrected chi connectivity index (χ0v) is 14.3. The molecule has 0 radical (unpaired) electrons. The van der Waals surface area contributed by atoms with E-state index in [1.165, 1.54) is 14.2 Å². The lowest BCUT2D eigenvalue weighted by Gasteiger charge is -2.17. The van der Waals surface area contributed by atoms with Gasteiger partial charge in [0.15, 0.2) is 11.6 Å². The fourth-order valence-corrected chi connectivity index (χ4v) is 3.12. The second-order valence-corrected chi connectivity index (χ2v) is 7.16. The molecule has 1 N–H and O–H groups in total. The Kier molecular flexibility index (Phi) is 5.70. The molecule has 0 unspecified atom stereocenters. The van der Waals surface area contributed by atoms with Gasteiger partial charge in [0.25, 0.3) is 0 Å². The summed E-state index contributed by atoms with van der Waals surface area (Å²) in [5.74, 6) is -2.41. The third-order valence-electron chi connectivity index (χ3n) is 3.34. The molecule has 134 valence electrons. The molecule has 0 saturated heterocycles. The number of hydrogen-bond donors (Lipinski definition) is 1. The molecular weight excluding hydrogens is 354 g/mol. The summed E-state index contributed by atoms with van der Waals surface area (Å²) in [5, 5.41) is 2.53. The molecule has 0 aliphatic carbocycles. The van der Waals surface area contributed by atoms with Crippen LogP contribution >= 0.6 is 0 Å². The second kappa shape index (κ2) is 7.58. The zero-order chi connectivity index (χ0) is 18.6. The highest BCUT2D eigenvalue weighted by Crippen LogP contribution is 2.18. The van der Waals surface area contributed by atoms with Crippen LogP contribution in [0.2, 0.25) is 0 Å². The molecular formula is C16H16F2N2O4S. The van der Waals surface area contributed by atoms with Crippen LogP contribution in [0.5, 0.6) is 5.75 Å². The molecule has 2 aromatic carbocycles. The van der Waals surface area contributed by atoms with Crippen LogP contribution < -0.4 is 10.1 Å². The Morgan fingerprint density at radius 2 is 1.76 bits per heavy atom. The summed E-state index contributed by atoms with van der Waals surface area (Å²) < 4.78 is 56.5. The van der Waals surface area contributed by atoms with Gasteiger partial charge in [-0.15, -0.1) is 0 Å². The van der Waals surface area contributed by atoms with Gasteiger partial charge in [-0.1, -0.05) is 0 Å². The van der Waals surface area contributed by atoms with Crippen molar-refractivity contribution in [1.29, 1.82) is 0 Å². The van der Waals surface area contributed by atoms with Crippen LogP contribution in [0.4, 0.5) is 14.5 Å². The van der Waals surface area contributed by atoms with E-state index in [0.29, 0.717) is 23.6 Å².